The molecule has 2 N–H and O–H groups in total. The van der Waals surface area contributed by atoms with E-state index in [9.17, 15) is 9.59 Å². The minimum atomic E-state index is -0.315. The Labute approximate surface area is 184 Å². The molecule has 1 saturated heterocycles. The van der Waals surface area contributed by atoms with Gasteiger partial charge in [0, 0.05) is 38.3 Å². The molecule has 10 heteroatoms. The van der Waals surface area contributed by atoms with Gasteiger partial charge >= 0.3 is 0 Å². The first-order chi connectivity index (χ1) is 15.0. The maximum atomic E-state index is 12.5. The van der Waals surface area contributed by atoms with Crippen LogP contribution < -0.4 is 25.8 Å². The average Bonchev–Trinajstić information content (AvgIpc) is 3.31. The fraction of sp³-hybridized carbons (Fsp3) is 0.333. The van der Waals surface area contributed by atoms with Gasteiger partial charge in [-0.05, 0) is 37.1 Å². The predicted molar refractivity (Wildman–Crippen MR) is 121 cm³/mol. The Hall–Kier alpha value is -3.33. The lowest BCUT2D eigenvalue weighted by Crippen LogP contribution is -2.27. The summed E-state index contributed by atoms with van der Waals surface area (Å²) in [4.78, 5) is 35.1. The number of aryl methyl sites for hydroxylation is 1. The fourth-order valence-electron chi connectivity index (χ4n) is 3.50. The lowest BCUT2D eigenvalue weighted by Gasteiger charge is -2.17. The number of carbonyl (C=O) groups excluding carboxylic acids is 1. The summed E-state index contributed by atoms with van der Waals surface area (Å²) in [6.45, 7) is 1.64. The van der Waals surface area contributed by atoms with Crippen LogP contribution in [0.15, 0.2) is 35.3 Å². The number of hydrogen-bond donors (Lipinski definition) is 2. The lowest BCUT2D eigenvalue weighted by molar-refractivity contribution is -0.122. The van der Waals surface area contributed by atoms with E-state index in [-0.39, 0.29) is 23.8 Å². The van der Waals surface area contributed by atoms with E-state index >= 15 is 0 Å². The van der Waals surface area contributed by atoms with E-state index in [0.29, 0.717) is 16.8 Å². The van der Waals surface area contributed by atoms with E-state index < -0.39 is 0 Å². The highest BCUT2D eigenvalue weighted by atomic mass is 35.5. The number of nitrogens with one attached hydrogen (secondary N) is 2. The SMILES string of the molecule is CNC(=O)COc1cc2cc(Nc3nc(N4CCCC4)ncc3Cl)ccc2n(C)c1=O. The van der Waals surface area contributed by atoms with Gasteiger partial charge in [0.15, 0.2) is 18.2 Å². The van der Waals surface area contributed by atoms with Crippen LogP contribution in [0.25, 0.3) is 10.9 Å². The first-order valence-electron chi connectivity index (χ1n) is 9.98. The molecule has 1 fully saturated rings. The third-order valence-corrected chi connectivity index (χ3v) is 5.49. The zero-order valence-electron chi connectivity index (χ0n) is 17.3. The standard InChI is InChI=1S/C21H23ClN6O3/c1-23-18(29)12-31-17-10-13-9-14(5-6-16(13)27(2)20(17)30)25-19-15(22)11-24-21(26-19)28-7-3-4-8-28/h5-6,9-11H,3-4,7-8,12H2,1-2H3,(H,23,29)(H,24,25,26). The Morgan fingerprint density at radius 1 is 1.26 bits per heavy atom. The number of carbonyl (C=O) groups is 1. The zero-order chi connectivity index (χ0) is 22.0. The zero-order valence-corrected chi connectivity index (χ0v) is 18.1. The number of anilines is 3. The van der Waals surface area contributed by atoms with Crippen LogP contribution in [-0.4, -0.2) is 47.2 Å². The minimum absolute atomic E-state index is 0.104. The van der Waals surface area contributed by atoms with Gasteiger partial charge in [-0.15, -0.1) is 0 Å². The number of nitrogens with zero attached hydrogens (tertiary/aromatic N) is 4. The fourth-order valence-corrected chi connectivity index (χ4v) is 3.64. The first kappa shape index (κ1) is 20.9. The van der Waals surface area contributed by atoms with Gasteiger partial charge in [0.25, 0.3) is 11.5 Å². The number of pyridine rings is 1. The van der Waals surface area contributed by atoms with Gasteiger partial charge in [0.1, 0.15) is 5.02 Å². The smallest absolute Gasteiger partial charge is 0.293 e. The number of rotatable bonds is 6. The van der Waals surface area contributed by atoms with E-state index in [0.717, 1.165) is 42.5 Å². The molecule has 4 rings (SSSR count). The number of hydrogen-bond acceptors (Lipinski definition) is 7. The van der Waals surface area contributed by atoms with Crippen LogP contribution >= 0.6 is 11.6 Å². The molecular formula is C21H23ClN6O3. The molecule has 2 aromatic heterocycles. The van der Waals surface area contributed by atoms with Crippen LogP contribution in [-0.2, 0) is 11.8 Å². The van der Waals surface area contributed by atoms with Crippen molar-refractivity contribution >= 4 is 45.9 Å². The first-order valence-corrected chi connectivity index (χ1v) is 10.4. The van der Waals surface area contributed by atoms with Crippen molar-refractivity contribution in [2.75, 3.05) is 37.0 Å². The summed E-state index contributed by atoms with van der Waals surface area (Å²) in [5, 5.41) is 6.88. The van der Waals surface area contributed by atoms with Crippen LogP contribution in [0.1, 0.15) is 12.8 Å². The normalized spacial score (nSPS) is 13.5. The van der Waals surface area contributed by atoms with E-state index in [1.807, 2.05) is 18.2 Å². The quantitative estimate of drug-likeness (QED) is 0.604. The van der Waals surface area contributed by atoms with Gasteiger partial charge in [0.05, 0.1) is 11.7 Å². The average molecular weight is 443 g/mol. The van der Waals surface area contributed by atoms with Crippen molar-refractivity contribution in [2.45, 2.75) is 12.8 Å². The number of likely N-dealkylation sites (N-methyl/N-ethyl adjacent to an activating group) is 1. The number of benzene rings is 1. The molecule has 3 aromatic rings. The lowest BCUT2D eigenvalue weighted by atomic mass is 10.2. The highest BCUT2D eigenvalue weighted by Gasteiger charge is 2.17. The number of halogens is 1. The molecule has 0 saturated carbocycles. The summed E-state index contributed by atoms with van der Waals surface area (Å²) in [7, 11) is 3.17. The van der Waals surface area contributed by atoms with Crippen molar-refractivity contribution in [1.29, 1.82) is 0 Å². The summed E-state index contributed by atoms with van der Waals surface area (Å²) in [6.07, 6.45) is 3.85. The molecule has 3 heterocycles. The Balaban J connectivity index is 1.64. The van der Waals surface area contributed by atoms with Crippen LogP contribution in [0.2, 0.25) is 5.02 Å². The topological polar surface area (TPSA) is 101 Å². The Morgan fingerprint density at radius 3 is 2.77 bits per heavy atom. The molecule has 0 unspecified atom stereocenters. The number of ether oxygens (including phenoxy) is 1. The molecule has 0 radical (unpaired) electrons. The summed E-state index contributed by atoms with van der Waals surface area (Å²) in [5.74, 6) is 0.952. The van der Waals surface area contributed by atoms with Crippen LogP contribution in [0.3, 0.4) is 0 Å². The number of aromatic nitrogens is 3. The second-order valence-electron chi connectivity index (χ2n) is 7.29. The maximum Gasteiger partial charge on any atom is 0.293 e. The van der Waals surface area contributed by atoms with Crippen molar-refractivity contribution < 1.29 is 9.53 Å². The van der Waals surface area contributed by atoms with E-state index in [2.05, 4.69) is 25.5 Å². The van der Waals surface area contributed by atoms with Gasteiger partial charge in [0.2, 0.25) is 5.95 Å². The molecule has 9 nitrogen and oxygen atoms in total. The van der Waals surface area contributed by atoms with Crippen molar-refractivity contribution in [2.24, 2.45) is 7.05 Å². The maximum absolute atomic E-state index is 12.5. The number of amides is 1. The highest BCUT2D eigenvalue weighted by Crippen LogP contribution is 2.28. The predicted octanol–water partition coefficient (Wildman–Crippen LogP) is 2.45. The third-order valence-electron chi connectivity index (χ3n) is 5.21. The summed E-state index contributed by atoms with van der Waals surface area (Å²) < 4.78 is 6.90. The van der Waals surface area contributed by atoms with Crippen LogP contribution in [0.4, 0.5) is 17.5 Å². The third kappa shape index (κ3) is 4.41. The Morgan fingerprint density at radius 2 is 2.03 bits per heavy atom. The minimum Gasteiger partial charge on any atom is -0.478 e. The van der Waals surface area contributed by atoms with E-state index in [1.165, 1.54) is 11.6 Å². The molecule has 0 aliphatic carbocycles. The molecule has 1 aliphatic rings. The molecule has 0 spiro atoms. The van der Waals surface area contributed by atoms with Crippen LogP contribution in [0.5, 0.6) is 5.75 Å². The van der Waals surface area contributed by atoms with Crippen molar-refractivity contribution in [3.8, 4) is 5.75 Å². The van der Waals surface area contributed by atoms with Gasteiger partial charge in [-0.25, -0.2) is 4.98 Å². The van der Waals surface area contributed by atoms with Gasteiger partial charge in [-0.2, -0.15) is 4.98 Å². The Bertz CT molecular complexity index is 1190. The molecule has 0 bridgehead atoms. The number of fused-ring (bicyclic) bond motifs is 1. The molecule has 1 amide bonds. The second kappa shape index (κ2) is 8.81. The molecule has 1 aromatic carbocycles. The van der Waals surface area contributed by atoms with E-state index in [4.69, 9.17) is 16.3 Å². The monoisotopic (exact) mass is 442 g/mol. The highest BCUT2D eigenvalue weighted by molar-refractivity contribution is 6.32. The molecular weight excluding hydrogens is 420 g/mol. The van der Waals surface area contributed by atoms with E-state index in [1.54, 1.807) is 19.3 Å². The molecule has 162 valence electrons. The van der Waals surface area contributed by atoms with Crippen molar-refractivity contribution in [3.05, 3.63) is 45.8 Å². The second-order valence-corrected chi connectivity index (χ2v) is 7.70. The summed E-state index contributed by atoms with van der Waals surface area (Å²) in [6, 6.07) is 7.18. The molecule has 0 atom stereocenters. The van der Waals surface area contributed by atoms with Gasteiger partial charge in [-0.1, -0.05) is 11.6 Å². The summed E-state index contributed by atoms with van der Waals surface area (Å²) in [5.41, 5.74) is 1.16. The largest absolute Gasteiger partial charge is 0.478 e. The Kier molecular flexibility index (Phi) is 5.94. The molecule has 1 aliphatic heterocycles. The van der Waals surface area contributed by atoms with Crippen molar-refractivity contribution in [3.63, 3.8) is 0 Å². The van der Waals surface area contributed by atoms with Gasteiger partial charge < -0.3 is 24.8 Å². The van der Waals surface area contributed by atoms with Gasteiger partial charge in [-0.3, -0.25) is 9.59 Å². The summed E-state index contributed by atoms with van der Waals surface area (Å²) >= 11 is 6.32. The van der Waals surface area contributed by atoms with Crippen molar-refractivity contribution in [1.82, 2.24) is 19.9 Å². The van der Waals surface area contributed by atoms with Crippen LogP contribution in [0, 0.1) is 0 Å². The molecule has 31 heavy (non-hydrogen) atoms.